The van der Waals surface area contributed by atoms with Crippen molar-refractivity contribution in [2.75, 3.05) is 32.5 Å². The minimum atomic E-state index is 0.0456. The fourth-order valence-corrected chi connectivity index (χ4v) is 4.33. The van der Waals surface area contributed by atoms with E-state index in [1.165, 1.54) is 45.3 Å². The third-order valence-corrected chi connectivity index (χ3v) is 6.15. The molecule has 1 atom stereocenters. The van der Waals surface area contributed by atoms with Crippen molar-refractivity contribution in [3.05, 3.63) is 0 Å². The average Bonchev–Trinajstić information content (AvgIpc) is 3.10. The number of fused-ring (bicyclic) bond motifs is 1. The molecule has 0 amide bonds. The van der Waals surface area contributed by atoms with Crippen LogP contribution in [0.2, 0.25) is 0 Å². The topological polar surface area (TPSA) is 91.3 Å². The Bertz CT molecular complexity index is 801. The monoisotopic (exact) mass is 418 g/mol. The van der Waals surface area contributed by atoms with Crippen LogP contribution in [-0.4, -0.2) is 57.3 Å². The number of nitrogens with two attached hydrogens (primary N) is 1. The number of piperidine rings is 1. The summed E-state index contributed by atoms with van der Waals surface area (Å²) in [6.45, 7) is 10.9. The molecular weight excluding hydrogens is 380 g/mol. The maximum Gasteiger partial charge on any atom is 0.320 e. The van der Waals surface area contributed by atoms with Gasteiger partial charge in [-0.3, -0.25) is 4.57 Å². The molecule has 0 unspecified atom stereocenters. The number of nitrogen functional groups attached to an aromatic ring is 1. The lowest BCUT2D eigenvalue weighted by molar-refractivity contribution is 0.184. The van der Waals surface area contributed by atoms with E-state index in [0.29, 0.717) is 29.0 Å². The van der Waals surface area contributed by atoms with Crippen molar-refractivity contribution in [3.63, 3.8) is 0 Å². The van der Waals surface area contributed by atoms with Gasteiger partial charge in [0, 0.05) is 6.54 Å². The van der Waals surface area contributed by atoms with Gasteiger partial charge in [-0.2, -0.15) is 15.0 Å². The number of rotatable bonds is 11. The van der Waals surface area contributed by atoms with Crippen molar-refractivity contribution >= 4 is 17.0 Å². The normalized spacial score (nSPS) is 16.8. The molecule has 168 valence electrons. The van der Waals surface area contributed by atoms with Gasteiger partial charge in [-0.05, 0) is 58.2 Å². The Kier molecular flexibility index (Phi) is 8.13. The molecule has 3 heterocycles. The maximum atomic E-state index is 6.15. The highest BCUT2D eigenvalue weighted by Crippen LogP contribution is 2.27. The van der Waals surface area contributed by atoms with E-state index < -0.39 is 0 Å². The van der Waals surface area contributed by atoms with E-state index >= 15 is 0 Å². The Morgan fingerprint density at radius 2 is 1.90 bits per heavy atom. The molecule has 0 saturated carbocycles. The van der Waals surface area contributed by atoms with Crippen LogP contribution in [0.5, 0.6) is 12.0 Å². The van der Waals surface area contributed by atoms with E-state index in [9.17, 15) is 0 Å². The number of ether oxygens (including phenoxy) is 2. The van der Waals surface area contributed by atoms with Gasteiger partial charge in [-0.1, -0.05) is 33.1 Å². The summed E-state index contributed by atoms with van der Waals surface area (Å²) in [6.07, 6.45) is 8.22. The van der Waals surface area contributed by atoms with E-state index in [4.69, 9.17) is 15.2 Å². The molecule has 1 aliphatic rings. The van der Waals surface area contributed by atoms with Crippen LogP contribution in [0.4, 0.5) is 5.82 Å². The molecule has 0 radical (unpaired) electrons. The van der Waals surface area contributed by atoms with Crippen molar-refractivity contribution in [1.29, 1.82) is 0 Å². The summed E-state index contributed by atoms with van der Waals surface area (Å²) in [7, 11) is 1.63. The second-order valence-electron chi connectivity index (χ2n) is 8.40. The SMILES string of the molecule is CCC[C@H](C)Oc1nc(N)c2nc(OC)n(CCCCC3CCN(CC)CC3)c2n1. The summed E-state index contributed by atoms with van der Waals surface area (Å²) < 4.78 is 13.4. The Hall–Kier alpha value is -2.09. The highest BCUT2D eigenvalue weighted by atomic mass is 16.5. The molecule has 0 aliphatic carbocycles. The van der Waals surface area contributed by atoms with Crippen LogP contribution in [0, 0.1) is 5.92 Å². The zero-order valence-electron chi connectivity index (χ0n) is 19.1. The predicted molar refractivity (Wildman–Crippen MR) is 120 cm³/mol. The number of aryl methyl sites for hydroxylation is 1. The van der Waals surface area contributed by atoms with Crippen LogP contribution in [0.1, 0.15) is 65.7 Å². The molecule has 8 nitrogen and oxygen atoms in total. The quantitative estimate of drug-likeness (QED) is 0.554. The van der Waals surface area contributed by atoms with Crippen LogP contribution in [0.25, 0.3) is 11.2 Å². The Morgan fingerprint density at radius 1 is 1.13 bits per heavy atom. The molecule has 2 N–H and O–H groups in total. The first-order chi connectivity index (χ1) is 14.5. The molecule has 0 aromatic carbocycles. The first kappa shape index (κ1) is 22.6. The molecule has 1 fully saturated rings. The standard InChI is InChI=1S/C22H38N6O2/c1-5-9-16(3)30-21-25-19(23)18-20(26-21)28(22(24-18)29-4)13-8-7-10-17-11-14-27(6-2)15-12-17/h16-17H,5-15H2,1-4H3,(H2,23,25,26)/t16-/m0/s1. The van der Waals surface area contributed by atoms with Crippen LogP contribution >= 0.6 is 0 Å². The van der Waals surface area contributed by atoms with Gasteiger partial charge in [0.05, 0.1) is 13.2 Å². The molecule has 2 aromatic heterocycles. The van der Waals surface area contributed by atoms with Crippen molar-refractivity contribution in [3.8, 4) is 12.0 Å². The Morgan fingerprint density at radius 3 is 2.57 bits per heavy atom. The largest absolute Gasteiger partial charge is 0.468 e. The fraction of sp³-hybridized carbons (Fsp3) is 0.773. The molecule has 1 saturated heterocycles. The number of methoxy groups -OCH3 is 1. The molecule has 1 aliphatic heterocycles. The third kappa shape index (κ3) is 5.53. The lowest BCUT2D eigenvalue weighted by Gasteiger charge is -2.31. The zero-order valence-corrected chi connectivity index (χ0v) is 19.1. The predicted octanol–water partition coefficient (Wildman–Crippen LogP) is 3.89. The number of hydrogen-bond donors (Lipinski definition) is 1. The van der Waals surface area contributed by atoms with Crippen molar-refractivity contribution in [2.24, 2.45) is 5.92 Å². The molecule has 0 bridgehead atoms. The highest BCUT2D eigenvalue weighted by molar-refractivity contribution is 5.83. The van der Waals surface area contributed by atoms with E-state index in [2.05, 4.69) is 33.7 Å². The molecule has 8 heteroatoms. The van der Waals surface area contributed by atoms with E-state index in [1.54, 1.807) is 7.11 Å². The maximum absolute atomic E-state index is 6.15. The van der Waals surface area contributed by atoms with Gasteiger partial charge in [-0.25, -0.2) is 0 Å². The first-order valence-corrected chi connectivity index (χ1v) is 11.5. The molecule has 0 spiro atoms. The number of aromatic nitrogens is 4. The first-order valence-electron chi connectivity index (χ1n) is 11.5. The van der Waals surface area contributed by atoms with Gasteiger partial charge in [0.25, 0.3) is 6.01 Å². The minimum Gasteiger partial charge on any atom is -0.468 e. The molecular formula is C22H38N6O2. The van der Waals surface area contributed by atoms with Gasteiger partial charge in [-0.15, -0.1) is 0 Å². The van der Waals surface area contributed by atoms with Crippen LogP contribution < -0.4 is 15.2 Å². The van der Waals surface area contributed by atoms with Crippen LogP contribution in [-0.2, 0) is 6.54 Å². The van der Waals surface area contributed by atoms with Gasteiger partial charge < -0.3 is 20.1 Å². The summed E-state index contributed by atoms with van der Waals surface area (Å²) in [4.78, 5) is 16.0. The van der Waals surface area contributed by atoms with Crippen molar-refractivity contribution in [2.45, 2.75) is 78.4 Å². The molecule has 2 aromatic rings. The van der Waals surface area contributed by atoms with Crippen LogP contribution in [0.3, 0.4) is 0 Å². The van der Waals surface area contributed by atoms with Crippen LogP contribution in [0.15, 0.2) is 0 Å². The number of nitrogens with zero attached hydrogens (tertiary/aromatic N) is 5. The smallest absolute Gasteiger partial charge is 0.320 e. The molecule has 30 heavy (non-hydrogen) atoms. The third-order valence-electron chi connectivity index (χ3n) is 6.15. The summed E-state index contributed by atoms with van der Waals surface area (Å²) in [6, 6.07) is 0.841. The number of anilines is 1. The van der Waals surface area contributed by atoms with Gasteiger partial charge in [0.15, 0.2) is 17.0 Å². The molecule has 3 rings (SSSR count). The van der Waals surface area contributed by atoms with Gasteiger partial charge in [0.1, 0.15) is 0 Å². The van der Waals surface area contributed by atoms with Gasteiger partial charge >= 0.3 is 6.01 Å². The van der Waals surface area contributed by atoms with Gasteiger partial charge in [0.2, 0.25) is 0 Å². The van der Waals surface area contributed by atoms with Crippen molar-refractivity contribution in [1.82, 2.24) is 24.4 Å². The Labute approximate surface area is 180 Å². The lowest BCUT2D eigenvalue weighted by atomic mass is 9.91. The van der Waals surface area contributed by atoms with E-state index in [0.717, 1.165) is 31.7 Å². The summed E-state index contributed by atoms with van der Waals surface area (Å²) in [5.41, 5.74) is 7.42. The fourth-order valence-electron chi connectivity index (χ4n) is 4.33. The Balaban J connectivity index is 1.64. The minimum absolute atomic E-state index is 0.0456. The number of likely N-dealkylation sites (tertiary alicyclic amines) is 1. The average molecular weight is 419 g/mol. The summed E-state index contributed by atoms with van der Waals surface area (Å²) in [5, 5.41) is 0. The number of hydrogen-bond acceptors (Lipinski definition) is 7. The second-order valence-corrected chi connectivity index (χ2v) is 8.40. The van der Waals surface area contributed by atoms with E-state index in [1.807, 2.05) is 11.5 Å². The summed E-state index contributed by atoms with van der Waals surface area (Å²) in [5.74, 6) is 1.19. The summed E-state index contributed by atoms with van der Waals surface area (Å²) >= 11 is 0. The van der Waals surface area contributed by atoms with Crippen molar-refractivity contribution < 1.29 is 9.47 Å². The lowest BCUT2D eigenvalue weighted by Crippen LogP contribution is -2.33. The number of imidazole rings is 1. The zero-order chi connectivity index (χ0) is 21.5. The highest BCUT2D eigenvalue weighted by Gasteiger charge is 2.20. The second kappa shape index (κ2) is 10.8. The van der Waals surface area contributed by atoms with E-state index in [-0.39, 0.29) is 6.10 Å². The number of unbranched alkanes of at least 4 members (excludes halogenated alkanes) is 1.